The molecule has 0 saturated carbocycles. The van der Waals surface area contributed by atoms with Crippen LogP contribution in [-0.2, 0) is 14.3 Å². The molecule has 0 aromatic heterocycles. The van der Waals surface area contributed by atoms with Gasteiger partial charge in [0.05, 0.1) is 24.9 Å². The number of hydrogen-bond acceptors (Lipinski definition) is 4. The molecular formula is C17H25NO4. The third kappa shape index (κ3) is 4.21. The first-order valence-corrected chi connectivity index (χ1v) is 7.76. The zero-order valence-electron chi connectivity index (χ0n) is 13.4. The monoisotopic (exact) mass is 307 g/mol. The SMILES string of the molecule is C=C1COCCC/C1=C(/C=C(\C)N1CCOC(C)C1)C(=O)O. The molecule has 0 bridgehead atoms. The Morgan fingerprint density at radius 1 is 1.45 bits per heavy atom. The van der Waals surface area contributed by atoms with Crippen molar-refractivity contribution in [1.29, 1.82) is 0 Å². The van der Waals surface area contributed by atoms with E-state index >= 15 is 0 Å². The van der Waals surface area contributed by atoms with Crippen LogP contribution < -0.4 is 0 Å². The first-order valence-electron chi connectivity index (χ1n) is 7.76. The van der Waals surface area contributed by atoms with Crippen molar-refractivity contribution in [3.05, 3.63) is 35.1 Å². The molecule has 0 aliphatic carbocycles. The molecule has 0 aromatic carbocycles. The molecule has 0 spiro atoms. The number of carboxylic acid groups (broad SMARTS) is 1. The highest BCUT2D eigenvalue weighted by molar-refractivity contribution is 5.92. The number of carbonyl (C=O) groups is 1. The minimum Gasteiger partial charge on any atom is -0.478 e. The minimum atomic E-state index is -0.904. The molecular weight excluding hydrogens is 282 g/mol. The Hall–Kier alpha value is -1.59. The van der Waals surface area contributed by atoms with Crippen molar-refractivity contribution in [3.63, 3.8) is 0 Å². The number of rotatable bonds is 3. The molecule has 2 aliphatic rings. The van der Waals surface area contributed by atoms with E-state index in [-0.39, 0.29) is 6.10 Å². The van der Waals surface area contributed by atoms with Gasteiger partial charge in [-0.1, -0.05) is 6.58 Å². The number of aliphatic carboxylic acids is 1. The van der Waals surface area contributed by atoms with E-state index in [1.54, 1.807) is 6.08 Å². The van der Waals surface area contributed by atoms with Gasteiger partial charge in [-0.15, -0.1) is 0 Å². The van der Waals surface area contributed by atoms with Gasteiger partial charge in [0.1, 0.15) is 0 Å². The molecule has 5 heteroatoms. The summed E-state index contributed by atoms with van der Waals surface area (Å²) in [7, 11) is 0. The van der Waals surface area contributed by atoms with Crippen molar-refractivity contribution >= 4 is 5.97 Å². The highest BCUT2D eigenvalue weighted by Gasteiger charge is 2.20. The average molecular weight is 307 g/mol. The Labute approximate surface area is 131 Å². The van der Waals surface area contributed by atoms with Crippen molar-refractivity contribution in [2.45, 2.75) is 32.8 Å². The first-order chi connectivity index (χ1) is 10.5. The Morgan fingerprint density at radius 2 is 2.23 bits per heavy atom. The van der Waals surface area contributed by atoms with Gasteiger partial charge in [0.2, 0.25) is 0 Å². The summed E-state index contributed by atoms with van der Waals surface area (Å²) in [6.07, 6.45) is 3.46. The van der Waals surface area contributed by atoms with Crippen LogP contribution in [0.15, 0.2) is 35.1 Å². The molecule has 0 radical (unpaired) electrons. The molecule has 122 valence electrons. The maximum Gasteiger partial charge on any atom is 0.336 e. The molecule has 22 heavy (non-hydrogen) atoms. The van der Waals surface area contributed by atoms with Crippen molar-refractivity contribution in [2.24, 2.45) is 0 Å². The lowest BCUT2D eigenvalue weighted by Gasteiger charge is -2.33. The standard InChI is InChI=1S/C17H25NO4/c1-12-11-21-7-4-5-15(12)16(17(19)20)9-13(2)18-6-8-22-14(3)10-18/h9,14H,1,4-8,10-11H2,2-3H3,(H,19,20)/b13-9+,16-15+. The lowest BCUT2D eigenvalue weighted by atomic mass is 9.96. The van der Waals surface area contributed by atoms with E-state index in [1.807, 2.05) is 13.8 Å². The fraction of sp³-hybridized carbons (Fsp3) is 0.588. The van der Waals surface area contributed by atoms with Crippen LogP contribution in [0.1, 0.15) is 26.7 Å². The van der Waals surface area contributed by atoms with E-state index in [2.05, 4.69) is 11.5 Å². The molecule has 1 unspecified atom stereocenters. The molecule has 1 atom stereocenters. The van der Waals surface area contributed by atoms with Gasteiger partial charge in [-0.3, -0.25) is 0 Å². The van der Waals surface area contributed by atoms with Gasteiger partial charge in [0.25, 0.3) is 0 Å². The number of nitrogens with zero attached hydrogens (tertiary/aromatic N) is 1. The molecule has 5 nitrogen and oxygen atoms in total. The van der Waals surface area contributed by atoms with Crippen LogP contribution in [0.2, 0.25) is 0 Å². The van der Waals surface area contributed by atoms with Gasteiger partial charge >= 0.3 is 5.97 Å². The van der Waals surface area contributed by atoms with Crippen LogP contribution >= 0.6 is 0 Å². The molecule has 2 aliphatic heterocycles. The summed E-state index contributed by atoms with van der Waals surface area (Å²) in [6, 6.07) is 0. The van der Waals surface area contributed by atoms with E-state index in [0.29, 0.717) is 31.8 Å². The zero-order chi connectivity index (χ0) is 16.1. The van der Waals surface area contributed by atoms with Gasteiger partial charge in [0, 0.05) is 25.4 Å². The topological polar surface area (TPSA) is 59.0 Å². The van der Waals surface area contributed by atoms with Gasteiger partial charge in [-0.2, -0.15) is 0 Å². The summed E-state index contributed by atoms with van der Waals surface area (Å²) >= 11 is 0. The van der Waals surface area contributed by atoms with Crippen molar-refractivity contribution in [1.82, 2.24) is 4.90 Å². The fourth-order valence-electron chi connectivity index (χ4n) is 2.85. The van der Waals surface area contributed by atoms with E-state index in [9.17, 15) is 9.90 Å². The predicted octanol–water partition coefficient (Wildman–Crippen LogP) is 2.36. The summed E-state index contributed by atoms with van der Waals surface area (Å²) in [5.41, 5.74) is 2.88. The Morgan fingerprint density at radius 3 is 2.91 bits per heavy atom. The van der Waals surface area contributed by atoms with E-state index in [0.717, 1.165) is 36.4 Å². The van der Waals surface area contributed by atoms with Crippen LogP contribution in [-0.4, -0.2) is 55.0 Å². The number of allylic oxidation sites excluding steroid dienone is 1. The lowest BCUT2D eigenvalue weighted by Crippen LogP contribution is -2.39. The molecule has 0 amide bonds. The summed E-state index contributed by atoms with van der Waals surface area (Å²) in [5, 5.41) is 9.61. The summed E-state index contributed by atoms with van der Waals surface area (Å²) < 4.78 is 11.0. The normalized spacial score (nSPS) is 26.6. The fourth-order valence-corrected chi connectivity index (χ4v) is 2.85. The van der Waals surface area contributed by atoms with Gasteiger partial charge in [-0.05, 0) is 43.9 Å². The van der Waals surface area contributed by atoms with Gasteiger partial charge in [0.15, 0.2) is 0 Å². The van der Waals surface area contributed by atoms with E-state index in [1.165, 1.54) is 0 Å². The van der Waals surface area contributed by atoms with Crippen molar-refractivity contribution in [2.75, 3.05) is 32.9 Å². The summed E-state index contributed by atoms with van der Waals surface area (Å²) in [4.78, 5) is 13.9. The number of carboxylic acids is 1. The minimum absolute atomic E-state index is 0.166. The van der Waals surface area contributed by atoms with Crippen LogP contribution in [0.3, 0.4) is 0 Å². The highest BCUT2D eigenvalue weighted by atomic mass is 16.5. The molecule has 0 aromatic rings. The van der Waals surface area contributed by atoms with E-state index < -0.39 is 5.97 Å². The molecule has 2 heterocycles. The highest BCUT2D eigenvalue weighted by Crippen LogP contribution is 2.25. The second kappa shape index (κ2) is 7.61. The Kier molecular flexibility index (Phi) is 5.80. The smallest absolute Gasteiger partial charge is 0.336 e. The maximum absolute atomic E-state index is 11.7. The van der Waals surface area contributed by atoms with Crippen LogP contribution in [0, 0.1) is 0 Å². The average Bonchev–Trinajstić information content (AvgIpc) is 2.69. The van der Waals surface area contributed by atoms with Gasteiger partial charge < -0.3 is 19.5 Å². The number of ether oxygens (including phenoxy) is 2. The van der Waals surface area contributed by atoms with Crippen molar-refractivity contribution in [3.8, 4) is 0 Å². The second-order valence-electron chi connectivity index (χ2n) is 5.87. The lowest BCUT2D eigenvalue weighted by molar-refractivity contribution is -0.132. The number of morpholine rings is 1. The molecule has 2 rings (SSSR count). The van der Waals surface area contributed by atoms with Crippen molar-refractivity contribution < 1.29 is 19.4 Å². The predicted molar refractivity (Wildman–Crippen MR) is 84.6 cm³/mol. The van der Waals surface area contributed by atoms with Gasteiger partial charge in [-0.25, -0.2) is 4.79 Å². The third-order valence-corrected chi connectivity index (χ3v) is 4.07. The Bertz CT molecular complexity index is 507. The summed E-state index contributed by atoms with van der Waals surface area (Å²) in [6.45, 7) is 11.3. The van der Waals surface area contributed by atoms with Crippen LogP contribution in [0.5, 0.6) is 0 Å². The first kappa shape index (κ1) is 16.8. The van der Waals surface area contributed by atoms with Crippen LogP contribution in [0.4, 0.5) is 0 Å². The number of hydrogen-bond donors (Lipinski definition) is 1. The Balaban J connectivity index is 2.28. The van der Waals surface area contributed by atoms with E-state index in [4.69, 9.17) is 9.47 Å². The zero-order valence-corrected chi connectivity index (χ0v) is 13.4. The van der Waals surface area contributed by atoms with Crippen LogP contribution in [0.25, 0.3) is 0 Å². The second-order valence-corrected chi connectivity index (χ2v) is 5.87. The quantitative estimate of drug-likeness (QED) is 0.811. The molecule has 2 fully saturated rings. The third-order valence-electron chi connectivity index (χ3n) is 4.07. The molecule has 1 N–H and O–H groups in total. The summed E-state index contributed by atoms with van der Waals surface area (Å²) in [5.74, 6) is -0.904. The maximum atomic E-state index is 11.7. The largest absolute Gasteiger partial charge is 0.478 e. The molecule has 2 saturated heterocycles.